The van der Waals surface area contributed by atoms with Crippen molar-refractivity contribution in [3.05, 3.63) is 30.2 Å². The topological polar surface area (TPSA) is 64.7 Å². The number of nitrogens with one attached hydrogen (secondary N) is 2. The van der Waals surface area contributed by atoms with Crippen LogP contribution in [0.1, 0.15) is 5.69 Å². The number of aliphatic hydroxyl groups is 1. The molecular weight excluding hydrogens is 154 g/mol. The smallest absolute Gasteiger partial charge is 0.154 e. The summed E-state index contributed by atoms with van der Waals surface area (Å²) >= 11 is 0. The van der Waals surface area contributed by atoms with Crippen LogP contribution in [-0.4, -0.2) is 20.1 Å². The van der Waals surface area contributed by atoms with Crippen molar-refractivity contribution in [2.45, 2.75) is 6.61 Å². The molecule has 2 heterocycles. The molecule has 2 aromatic rings. The zero-order valence-electron chi connectivity index (χ0n) is 6.41. The Labute approximate surface area is 69.3 Å². The number of imidazole rings is 1. The third-order valence-corrected chi connectivity index (χ3v) is 1.65. The van der Waals surface area contributed by atoms with E-state index in [9.17, 15) is 0 Å². The Bertz CT molecular complexity index is 350. The van der Waals surface area contributed by atoms with Gasteiger partial charge in [-0.15, -0.1) is 0 Å². The third kappa shape index (κ3) is 1.12. The lowest BCUT2D eigenvalue weighted by Crippen LogP contribution is -1.82. The Morgan fingerprint density at radius 2 is 2.42 bits per heavy atom. The van der Waals surface area contributed by atoms with Crippen molar-refractivity contribution < 1.29 is 5.11 Å². The molecule has 2 rings (SSSR count). The van der Waals surface area contributed by atoms with Gasteiger partial charge in [0.2, 0.25) is 0 Å². The minimum atomic E-state index is -0.00624. The molecule has 4 heteroatoms. The number of hydrogen-bond acceptors (Lipinski definition) is 2. The van der Waals surface area contributed by atoms with Crippen LogP contribution in [0.2, 0.25) is 0 Å². The number of aliphatic hydroxyl groups excluding tert-OH is 1. The van der Waals surface area contributed by atoms with E-state index in [-0.39, 0.29) is 6.61 Å². The van der Waals surface area contributed by atoms with Gasteiger partial charge in [-0.3, -0.25) is 0 Å². The van der Waals surface area contributed by atoms with Gasteiger partial charge in [0.15, 0.2) is 5.82 Å². The molecule has 0 bridgehead atoms. The van der Waals surface area contributed by atoms with Gasteiger partial charge < -0.3 is 15.1 Å². The van der Waals surface area contributed by atoms with Gasteiger partial charge in [-0.2, -0.15) is 0 Å². The van der Waals surface area contributed by atoms with Gasteiger partial charge in [0.25, 0.3) is 0 Å². The first-order valence-electron chi connectivity index (χ1n) is 3.68. The lowest BCUT2D eigenvalue weighted by molar-refractivity contribution is 0.277. The van der Waals surface area contributed by atoms with E-state index in [0.717, 1.165) is 17.2 Å². The molecule has 0 aliphatic rings. The highest BCUT2D eigenvalue weighted by atomic mass is 16.3. The molecule has 0 atom stereocenters. The average Bonchev–Trinajstić information content (AvgIpc) is 2.75. The van der Waals surface area contributed by atoms with Crippen molar-refractivity contribution in [2.24, 2.45) is 0 Å². The van der Waals surface area contributed by atoms with E-state index in [1.807, 2.05) is 18.3 Å². The van der Waals surface area contributed by atoms with Crippen LogP contribution < -0.4 is 0 Å². The van der Waals surface area contributed by atoms with Gasteiger partial charge >= 0.3 is 0 Å². The van der Waals surface area contributed by atoms with Crippen molar-refractivity contribution in [1.29, 1.82) is 0 Å². The molecule has 0 saturated heterocycles. The van der Waals surface area contributed by atoms with Crippen molar-refractivity contribution in [3.63, 3.8) is 0 Å². The monoisotopic (exact) mass is 163 g/mol. The maximum atomic E-state index is 8.77. The summed E-state index contributed by atoms with van der Waals surface area (Å²) < 4.78 is 0. The lowest BCUT2D eigenvalue weighted by atomic mass is 10.4. The van der Waals surface area contributed by atoms with Crippen LogP contribution in [0.25, 0.3) is 11.5 Å². The summed E-state index contributed by atoms with van der Waals surface area (Å²) in [5, 5.41) is 8.77. The predicted octanol–water partition coefficient (Wildman–Crippen LogP) is 0.897. The van der Waals surface area contributed by atoms with E-state index in [2.05, 4.69) is 15.0 Å². The molecule has 0 radical (unpaired) electrons. The molecule has 0 amide bonds. The zero-order valence-corrected chi connectivity index (χ0v) is 6.41. The first-order valence-corrected chi connectivity index (χ1v) is 3.68. The van der Waals surface area contributed by atoms with Gasteiger partial charge in [-0.25, -0.2) is 4.98 Å². The van der Waals surface area contributed by atoms with Gasteiger partial charge in [0.1, 0.15) is 0 Å². The predicted molar refractivity (Wildman–Crippen MR) is 44.3 cm³/mol. The standard InChI is InChI=1S/C8H9N3O/c12-5-6-4-10-8(11-6)7-2-1-3-9-7/h1-4,9,12H,5H2,(H,10,11). The molecule has 0 aliphatic heterocycles. The van der Waals surface area contributed by atoms with Crippen LogP contribution in [0.4, 0.5) is 0 Å². The van der Waals surface area contributed by atoms with Gasteiger partial charge in [-0.1, -0.05) is 0 Å². The number of nitrogens with zero attached hydrogens (tertiary/aromatic N) is 1. The van der Waals surface area contributed by atoms with Crippen molar-refractivity contribution >= 4 is 0 Å². The summed E-state index contributed by atoms with van der Waals surface area (Å²) in [7, 11) is 0. The van der Waals surface area contributed by atoms with Crippen LogP contribution in [0.15, 0.2) is 24.5 Å². The maximum absolute atomic E-state index is 8.77. The Hall–Kier alpha value is -1.55. The van der Waals surface area contributed by atoms with Gasteiger partial charge in [0, 0.05) is 6.20 Å². The average molecular weight is 163 g/mol. The molecule has 0 aromatic carbocycles. The van der Waals surface area contributed by atoms with E-state index >= 15 is 0 Å². The number of hydrogen-bond donors (Lipinski definition) is 3. The molecular formula is C8H9N3O. The molecule has 0 aliphatic carbocycles. The fraction of sp³-hybridized carbons (Fsp3) is 0.125. The van der Waals surface area contributed by atoms with Crippen molar-refractivity contribution in [3.8, 4) is 11.5 Å². The van der Waals surface area contributed by atoms with Crippen LogP contribution in [0.5, 0.6) is 0 Å². The highest BCUT2D eigenvalue weighted by Gasteiger charge is 2.01. The Balaban J connectivity index is 2.35. The van der Waals surface area contributed by atoms with Crippen LogP contribution >= 0.6 is 0 Å². The molecule has 62 valence electrons. The summed E-state index contributed by atoms with van der Waals surface area (Å²) in [5.74, 6) is 0.754. The Kier molecular flexibility index (Phi) is 1.68. The first-order chi connectivity index (χ1) is 5.90. The van der Waals surface area contributed by atoms with Gasteiger partial charge in [-0.05, 0) is 12.1 Å². The highest BCUT2D eigenvalue weighted by molar-refractivity contribution is 5.49. The SMILES string of the molecule is OCc1cnc(-c2ccc[nH]2)[nH]1. The van der Waals surface area contributed by atoms with E-state index in [1.165, 1.54) is 0 Å². The second-order valence-electron chi connectivity index (χ2n) is 2.50. The Morgan fingerprint density at radius 1 is 1.50 bits per heavy atom. The van der Waals surface area contributed by atoms with Crippen LogP contribution in [-0.2, 0) is 6.61 Å². The largest absolute Gasteiger partial charge is 0.390 e. The summed E-state index contributed by atoms with van der Waals surface area (Å²) in [5.41, 5.74) is 1.65. The lowest BCUT2D eigenvalue weighted by Gasteiger charge is -1.89. The van der Waals surface area contributed by atoms with E-state index in [0.29, 0.717) is 0 Å². The molecule has 4 nitrogen and oxygen atoms in total. The van der Waals surface area contributed by atoms with Crippen LogP contribution in [0, 0.1) is 0 Å². The fourth-order valence-corrected chi connectivity index (χ4v) is 1.05. The molecule has 2 aromatic heterocycles. The molecule has 0 saturated carbocycles. The molecule has 12 heavy (non-hydrogen) atoms. The normalized spacial score (nSPS) is 10.4. The number of rotatable bonds is 2. The zero-order chi connectivity index (χ0) is 8.39. The molecule has 3 N–H and O–H groups in total. The molecule has 0 unspecified atom stereocenters. The summed E-state index contributed by atoms with van der Waals surface area (Å²) in [6, 6.07) is 3.82. The minimum Gasteiger partial charge on any atom is -0.390 e. The quantitative estimate of drug-likeness (QED) is 0.615. The third-order valence-electron chi connectivity index (χ3n) is 1.65. The van der Waals surface area contributed by atoms with E-state index < -0.39 is 0 Å². The van der Waals surface area contributed by atoms with Gasteiger partial charge in [0.05, 0.1) is 24.2 Å². The summed E-state index contributed by atoms with van der Waals surface area (Å²) in [6.45, 7) is -0.00624. The van der Waals surface area contributed by atoms with Crippen molar-refractivity contribution in [1.82, 2.24) is 15.0 Å². The van der Waals surface area contributed by atoms with E-state index in [1.54, 1.807) is 6.20 Å². The number of aromatic amines is 2. The van der Waals surface area contributed by atoms with Crippen molar-refractivity contribution in [2.75, 3.05) is 0 Å². The molecule has 0 spiro atoms. The second kappa shape index (κ2) is 2.83. The first kappa shape index (κ1) is 7.12. The fourth-order valence-electron chi connectivity index (χ4n) is 1.05. The minimum absolute atomic E-state index is 0.00624. The summed E-state index contributed by atoms with van der Waals surface area (Å²) in [6.07, 6.45) is 3.45. The summed E-state index contributed by atoms with van der Waals surface area (Å²) in [4.78, 5) is 10.1. The highest BCUT2D eigenvalue weighted by Crippen LogP contribution is 2.11. The second-order valence-corrected chi connectivity index (χ2v) is 2.50. The molecule has 0 fully saturated rings. The number of aromatic nitrogens is 3. The van der Waals surface area contributed by atoms with Crippen LogP contribution in [0.3, 0.4) is 0 Å². The Morgan fingerprint density at radius 3 is 3.00 bits per heavy atom. The maximum Gasteiger partial charge on any atom is 0.154 e. The number of H-pyrrole nitrogens is 2. The van der Waals surface area contributed by atoms with E-state index in [4.69, 9.17) is 5.11 Å².